The van der Waals surface area contributed by atoms with Crippen LogP contribution in [-0.4, -0.2) is 33.1 Å². The van der Waals surface area contributed by atoms with Crippen LogP contribution in [0.3, 0.4) is 0 Å². The number of thiophene rings is 1. The Kier molecular flexibility index (Phi) is 5.27. The van der Waals surface area contributed by atoms with Gasteiger partial charge in [-0.15, -0.1) is 11.3 Å². The van der Waals surface area contributed by atoms with Gasteiger partial charge < -0.3 is 14.6 Å². The summed E-state index contributed by atoms with van der Waals surface area (Å²) in [6.45, 7) is 6.37. The van der Waals surface area contributed by atoms with Crippen molar-refractivity contribution in [2.45, 2.75) is 83.3 Å². The molecule has 2 aromatic rings. The molecule has 0 saturated heterocycles. The van der Waals surface area contributed by atoms with E-state index in [1.807, 2.05) is 20.8 Å². The maximum atomic E-state index is 13.1. The monoisotopic (exact) mass is 453 g/mol. The molecule has 3 heterocycles. The highest BCUT2D eigenvalue weighted by atomic mass is 32.1. The van der Waals surface area contributed by atoms with Crippen molar-refractivity contribution in [1.29, 1.82) is 0 Å². The summed E-state index contributed by atoms with van der Waals surface area (Å²) in [6.07, 6.45) is 9.04. The Balaban J connectivity index is 1.42. The fourth-order valence-corrected chi connectivity index (χ4v) is 5.94. The average Bonchev–Trinajstić information content (AvgIpc) is 3.15. The first kappa shape index (κ1) is 21.4. The average molecular weight is 454 g/mol. The van der Waals surface area contributed by atoms with E-state index in [1.165, 1.54) is 28.9 Å². The second-order valence-corrected chi connectivity index (χ2v) is 11.2. The maximum Gasteiger partial charge on any atom is 0.410 e. The summed E-state index contributed by atoms with van der Waals surface area (Å²) in [7, 11) is 0. The van der Waals surface area contributed by atoms with Gasteiger partial charge in [0.1, 0.15) is 11.4 Å². The third-order valence-corrected chi connectivity index (χ3v) is 7.76. The summed E-state index contributed by atoms with van der Waals surface area (Å²) >= 11 is 1.79. The van der Waals surface area contributed by atoms with Crippen LogP contribution in [0.4, 0.5) is 4.79 Å². The molecule has 2 aliphatic carbocycles. The molecule has 1 fully saturated rings. The molecule has 0 spiro atoms. The van der Waals surface area contributed by atoms with Gasteiger partial charge in [0.25, 0.3) is 5.56 Å². The second-order valence-electron chi connectivity index (χ2n) is 10.2. The lowest BCUT2D eigenvalue weighted by Crippen LogP contribution is -2.37. The normalized spacial score (nSPS) is 19.8. The highest BCUT2D eigenvalue weighted by Crippen LogP contribution is 2.54. The van der Waals surface area contributed by atoms with Crippen molar-refractivity contribution in [3.8, 4) is 0 Å². The number of carbonyl (C=O) groups excluding carboxylic acids is 1. The summed E-state index contributed by atoms with van der Waals surface area (Å²) in [4.78, 5) is 36.7. The fraction of sp³-hybridized carbons (Fsp3) is 0.560. The smallest absolute Gasteiger partial charge is 0.410 e. The first-order chi connectivity index (χ1) is 15.2. The first-order valence-corrected chi connectivity index (χ1v) is 12.5. The van der Waals surface area contributed by atoms with Gasteiger partial charge in [-0.2, -0.15) is 0 Å². The Bertz CT molecular complexity index is 1130. The molecule has 1 aliphatic heterocycles. The van der Waals surface area contributed by atoms with Crippen LogP contribution < -0.4 is 5.56 Å². The van der Waals surface area contributed by atoms with Crippen molar-refractivity contribution in [1.82, 2.24) is 14.9 Å². The number of nitrogens with zero attached hydrogens (tertiary/aromatic N) is 2. The number of fused-ring (bicyclic) bond motifs is 1. The van der Waals surface area contributed by atoms with Crippen LogP contribution in [0.1, 0.15) is 86.8 Å². The SMILES string of the molecule is CC(C)(C)OC(=O)N1CCCc2nc(C3(c4cc(C5=CCCC5)cs4)CC3)[nH]c(=O)c2C1. The molecule has 1 N–H and O–H groups in total. The first-order valence-electron chi connectivity index (χ1n) is 11.6. The Morgan fingerprint density at radius 1 is 1.25 bits per heavy atom. The molecule has 0 radical (unpaired) electrons. The molecule has 0 aromatic carbocycles. The lowest BCUT2D eigenvalue weighted by atomic mass is 10.0. The Morgan fingerprint density at radius 2 is 2.06 bits per heavy atom. The minimum atomic E-state index is -0.562. The number of ether oxygens (including phenoxy) is 1. The van der Waals surface area contributed by atoms with Crippen molar-refractivity contribution in [3.63, 3.8) is 0 Å². The quantitative estimate of drug-likeness (QED) is 0.696. The summed E-state index contributed by atoms with van der Waals surface area (Å²) in [6, 6.07) is 2.31. The van der Waals surface area contributed by atoms with Gasteiger partial charge in [-0.05, 0) is 88.3 Å². The number of aryl methyl sites for hydroxylation is 1. The molecule has 3 aliphatic rings. The molecule has 0 atom stereocenters. The van der Waals surface area contributed by atoms with Crippen molar-refractivity contribution < 1.29 is 9.53 Å². The number of rotatable bonds is 3. The standard InChI is InChI=1S/C25H31N3O3S/c1-24(2,3)31-23(30)28-12-6-9-19-18(14-28)21(29)27-22(26-19)25(10-11-25)20-13-17(15-32-20)16-7-4-5-8-16/h7,13,15H,4-6,8-12,14H2,1-3H3,(H,26,27,29). The van der Waals surface area contributed by atoms with Crippen molar-refractivity contribution in [2.24, 2.45) is 0 Å². The molecule has 0 bridgehead atoms. The zero-order valence-electron chi connectivity index (χ0n) is 19.1. The van der Waals surface area contributed by atoms with Crippen LogP contribution in [-0.2, 0) is 23.1 Å². The number of hydrogen-bond donors (Lipinski definition) is 1. The van der Waals surface area contributed by atoms with Gasteiger partial charge in [0, 0.05) is 11.4 Å². The van der Waals surface area contributed by atoms with Gasteiger partial charge in [0.05, 0.1) is 23.2 Å². The van der Waals surface area contributed by atoms with Crippen LogP contribution in [0.25, 0.3) is 5.57 Å². The van der Waals surface area contributed by atoms with E-state index in [9.17, 15) is 9.59 Å². The highest BCUT2D eigenvalue weighted by molar-refractivity contribution is 7.10. The number of aromatic nitrogens is 2. The molecule has 32 heavy (non-hydrogen) atoms. The zero-order valence-corrected chi connectivity index (χ0v) is 19.9. The van der Waals surface area contributed by atoms with Crippen LogP contribution >= 0.6 is 11.3 Å². The van der Waals surface area contributed by atoms with Crippen molar-refractivity contribution >= 4 is 23.0 Å². The zero-order chi connectivity index (χ0) is 22.5. The van der Waals surface area contributed by atoms with E-state index in [1.54, 1.807) is 16.2 Å². The van der Waals surface area contributed by atoms with E-state index in [-0.39, 0.29) is 23.6 Å². The van der Waals surface area contributed by atoms with Gasteiger partial charge in [-0.25, -0.2) is 9.78 Å². The van der Waals surface area contributed by atoms with Gasteiger partial charge in [0.2, 0.25) is 0 Å². The van der Waals surface area contributed by atoms with Crippen LogP contribution in [0, 0.1) is 0 Å². The minimum absolute atomic E-state index is 0.123. The van der Waals surface area contributed by atoms with Gasteiger partial charge in [-0.3, -0.25) is 4.79 Å². The molecule has 7 heteroatoms. The van der Waals surface area contributed by atoms with E-state index in [0.29, 0.717) is 18.5 Å². The predicted molar refractivity (Wildman–Crippen MR) is 126 cm³/mol. The van der Waals surface area contributed by atoms with Gasteiger partial charge in [0.15, 0.2) is 0 Å². The number of hydrogen-bond acceptors (Lipinski definition) is 5. The molecule has 2 aromatic heterocycles. The molecule has 1 saturated carbocycles. The van der Waals surface area contributed by atoms with E-state index in [0.717, 1.165) is 37.2 Å². The number of amides is 1. The molecule has 0 unspecified atom stereocenters. The molecule has 5 rings (SSSR count). The predicted octanol–water partition coefficient (Wildman–Crippen LogP) is 5.16. The summed E-state index contributed by atoms with van der Waals surface area (Å²) in [5.41, 5.74) is 3.36. The minimum Gasteiger partial charge on any atom is -0.444 e. The molecular weight excluding hydrogens is 422 g/mol. The van der Waals surface area contributed by atoms with E-state index in [4.69, 9.17) is 9.72 Å². The van der Waals surface area contributed by atoms with Gasteiger partial charge >= 0.3 is 6.09 Å². The summed E-state index contributed by atoms with van der Waals surface area (Å²) in [5.74, 6) is 0.792. The largest absolute Gasteiger partial charge is 0.444 e. The number of H-pyrrole nitrogens is 1. The number of nitrogens with one attached hydrogen (secondary N) is 1. The third-order valence-electron chi connectivity index (χ3n) is 6.63. The number of aromatic amines is 1. The molecular formula is C25H31N3O3S. The summed E-state index contributed by atoms with van der Waals surface area (Å²) in [5, 5.41) is 2.26. The topological polar surface area (TPSA) is 75.3 Å². The number of carbonyl (C=O) groups is 1. The molecule has 1 amide bonds. The second kappa shape index (κ2) is 7.87. The molecule has 170 valence electrons. The van der Waals surface area contributed by atoms with E-state index < -0.39 is 5.60 Å². The van der Waals surface area contributed by atoms with Crippen LogP contribution in [0.5, 0.6) is 0 Å². The lowest BCUT2D eigenvalue weighted by Gasteiger charge is -2.26. The van der Waals surface area contributed by atoms with Crippen molar-refractivity contribution in [2.75, 3.05) is 6.54 Å². The van der Waals surface area contributed by atoms with E-state index >= 15 is 0 Å². The van der Waals surface area contributed by atoms with Crippen LogP contribution in [0.15, 0.2) is 22.3 Å². The fourth-order valence-electron chi connectivity index (χ4n) is 4.74. The highest BCUT2D eigenvalue weighted by Gasteiger charge is 2.50. The Labute approximate surface area is 192 Å². The molecule has 6 nitrogen and oxygen atoms in total. The lowest BCUT2D eigenvalue weighted by molar-refractivity contribution is 0.0236. The Hall–Kier alpha value is -2.41. The number of allylic oxidation sites excluding steroid dienone is 2. The third kappa shape index (κ3) is 4.03. The van der Waals surface area contributed by atoms with Crippen LogP contribution in [0.2, 0.25) is 0 Å². The van der Waals surface area contributed by atoms with E-state index in [2.05, 4.69) is 22.5 Å². The van der Waals surface area contributed by atoms with Gasteiger partial charge in [-0.1, -0.05) is 6.08 Å². The summed E-state index contributed by atoms with van der Waals surface area (Å²) < 4.78 is 5.53. The van der Waals surface area contributed by atoms with Crippen molar-refractivity contribution in [3.05, 3.63) is 55.4 Å². The maximum absolute atomic E-state index is 13.1. The Morgan fingerprint density at radius 3 is 2.75 bits per heavy atom.